The number of methoxy groups -OCH3 is 1. The third-order valence-electron chi connectivity index (χ3n) is 4.90. The quantitative estimate of drug-likeness (QED) is 0.672. The number of rotatable bonds is 9. The molecule has 6 nitrogen and oxygen atoms in total. The van der Waals surface area contributed by atoms with Crippen LogP contribution in [0.1, 0.15) is 31.4 Å². The minimum atomic E-state index is -0.134. The number of hydrogen-bond donors (Lipinski definition) is 2. The molecule has 0 aliphatic carbocycles. The third kappa shape index (κ3) is 6.31. The van der Waals surface area contributed by atoms with Gasteiger partial charge < -0.3 is 24.8 Å². The summed E-state index contributed by atoms with van der Waals surface area (Å²) >= 11 is 0. The Kier molecular flexibility index (Phi) is 7.22. The smallest absolute Gasteiger partial charge is 0.315 e. The van der Waals surface area contributed by atoms with Crippen molar-refractivity contribution in [2.75, 3.05) is 20.4 Å². The summed E-state index contributed by atoms with van der Waals surface area (Å²) in [6.45, 7) is 5.21. The van der Waals surface area contributed by atoms with Crippen molar-refractivity contribution in [3.63, 3.8) is 0 Å². The Morgan fingerprint density at radius 1 is 1.03 bits per heavy atom. The average Bonchev–Trinajstić information content (AvgIpc) is 3.16. The van der Waals surface area contributed by atoms with Crippen molar-refractivity contribution in [2.24, 2.45) is 5.92 Å². The fourth-order valence-corrected chi connectivity index (χ4v) is 3.28. The second-order valence-corrected chi connectivity index (χ2v) is 7.72. The molecular weight excluding hydrogens is 368 g/mol. The van der Waals surface area contributed by atoms with Crippen molar-refractivity contribution < 1.29 is 19.0 Å². The van der Waals surface area contributed by atoms with E-state index in [9.17, 15) is 4.79 Å². The molecule has 2 aromatic rings. The highest BCUT2D eigenvalue weighted by molar-refractivity contribution is 5.74. The van der Waals surface area contributed by atoms with Crippen molar-refractivity contribution in [3.05, 3.63) is 53.6 Å². The summed E-state index contributed by atoms with van der Waals surface area (Å²) in [4.78, 5) is 12.4. The first-order chi connectivity index (χ1) is 14.0. The highest BCUT2D eigenvalue weighted by Crippen LogP contribution is 2.33. The van der Waals surface area contributed by atoms with Gasteiger partial charge in [0.1, 0.15) is 5.75 Å². The number of carbonyl (C=O) groups is 1. The van der Waals surface area contributed by atoms with E-state index in [1.165, 1.54) is 0 Å². The van der Waals surface area contributed by atoms with Crippen molar-refractivity contribution in [1.29, 1.82) is 0 Å². The van der Waals surface area contributed by atoms with Gasteiger partial charge in [0.2, 0.25) is 6.79 Å². The molecule has 2 aromatic carbocycles. The largest absolute Gasteiger partial charge is 0.497 e. The van der Waals surface area contributed by atoms with Crippen molar-refractivity contribution in [1.82, 2.24) is 10.6 Å². The highest BCUT2D eigenvalue weighted by atomic mass is 16.7. The van der Waals surface area contributed by atoms with Crippen LogP contribution >= 0.6 is 0 Å². The molecule has 1 aliphatic heterocycles. The van der Waals surface area contributed by atoms with Crippen molar-refractivity contribution >= 4 is 6.03 Å². The molecular formula is C23H30N2O4. The van der Waals surface area contributed by atoms with Gasteiger partial charge in [-0.15, -0.1) is 0 Å². The topological polar surface area (TPSA) is 68.8 Å². The second-order valence-electron chi connectivity index (χ2n) is 7.72. The molecule has 0 fully saturated rings. The van der Waals surface area contributed by atoms with E-state index in [-0.39, 0.29) is 18.9 Å². The van der Waals surface area contributed by atoms with Gasteiger partial charge in [-0.1, -0.05) is 32.0 Å². The molecule has 3 rings (SSSR count). The van der Waals surface area contributed by atoms with E-state index < -0.39 is 0 Å². The zero-order chi connectivity index (χ0) is 20.6. The number of fused-ring (bicyclic) bond motifs is 1. The summed E-state index contributed by atoms with van der Waals surface area (Å²) in [5.74, 6) is 2.89. The molecule has 0 saturated carbocycles. The maximum atomic E-state index is 12.4. The Hall–Kier alpha value is -2.89. The molecule has 1 heterocycles. The molecule has 6 heteroatoms. The van der Waals surface area contributed by atoms with Gasteiger partial charge >= 0.3 is 6.03 Å². The standard InChI is InChI=1S/C23H30N2O4/c1-16(2)10-11-24-23(26)25-19(12-17-4-7-20(27-3)8-5-17)13-18-6-9-21-22(14-18)29-15-28-21/h4-9,14,16,19H,10-13,15H2,1-3H3,(H2,24,25,26)/t19-/m1/s1. The van der Waals surface area contributed by atoms with Gasteiger partial charge in [-0.2, -0.15) is 0 Å². The van der Waals surface area contributed by atoms with Crippen LogP contribution in [0.25, 0.3) is 0 Å². The number of carbonyl (C=O) groups excluding carboxylic acids is 1. The first-order valence-corrected chi connectivity index (χ1v) is 10.1. The van der Waals surface area contributed by atoms with E-state index in [0.29, 0.717) is 18.9 Å². The highest BCUT2D eigenvalue weighted by Gasteiger charge is 2.18. The van der Waals surface area contributed by atoms with Gasteiger partial charge in [0, 0.05) is 12.6 Å². The second kappa shape index (κ2) is 10.0. The lowest BCUT2D eigenvalue weighted by atomic mass is 9.98. The fourth-order valence-electron chi connectivity index (χ4n) is 3.28. The minimum Gasteiger partial charge on any atom is -0.497 e. The zero-order valence-electron chi connectivity index (χ0n) is 17.4. The minimum absolute atomic E-state index is 0.0529. The Morgan fingerprint density at radius 3 is 2.45 bits per heavy atom. The lowest BCUT2D eigenvalue weighted by Gasteiger charge is -2.20. The van der Waals surface area contributed by atoms with Gasteiger partial charge in [-0.05, 0) is 60.6 Å². The summed E-state index contributed by atoms with van der Waals surface area (Å²) in [5.41, 5.74) is 2.23. The Labute approximate surface area is 172 Å². The Balaban J connectivity index is 1.67. The predicted molar refractivity (Wildman–Crippen MR) is 113 cm³/mol. The van der Waals surface area contributed by atoms with Crippen LogP contribution in [-0.2, 0) is 12.8 Å². The molecule has 0 unspecified atom stereocenters. The normalized spacial score (nSPS) is 13.2. The zero-order valence-corrected chi connectivity index (χ0v) is 17.4. The maximum Gasteiger partial charge on any atom is 0.315 e. The number of benzene rings is 2. The summed E-state index contributed by atoms with van der Waals surface area (Å²) < 4.78 is 16.1. The number of ether oxygens (including phenoxy) is 3. The SMILES string of the molecule is COc1ccc(C[C@H](Cc2ccc3c(c2)OCO3)NC(=O)NCCC(C)C)cc1. The molecule has 0 spiro atoms. The van der Waals surface area contributed by atoms with E-state index in [4.69, 9.17) is 14.2 Å². The maximum absolute atomic E-state index is 12.4. The third-order valence-corrected chi connectivity index (χ3v) is 4.90. The molecule has 0 saturated heterocycles. The van der Waals surface area contributed by atoms with E-state index in [2.05, 4.69) is 24.5 Å². The van der Waals surface area contributed by atoms with Gasteiger partial charge in [-0.3, -0.25) is 0 Å². The molecule has 156 valence electrons. The monoisotopic (exact) mass is 398 g/mol. The van der Waals surface area contributed by atoms with Crippen LogP contribution in [0, 0.1) is 5.92 Å². The molecule has 29 heavy (non-hydrogen) atoms. The summed E-state index contributed by atoms with van der Waals surface area (Å²) in [5, 5.41) is 6.09. The van der Waals surface area contributed by atoms with Crippen LogP contribution in [0.3, 0.4) is 0 Å². The first kappa shape index (κ1) is 20.8. The molecule has 2 N–H and O–H groups in total. The van der Waals surface area contributed by atoms with E-state index >= 15 is 0 Å². The summed E-state index contributed by atoms with van der Waals surface area (Å²) in [7, 11) is 1.65. The van der Waals surface area contributed by atoms with Crippen LogP contribution < -0.4 is 24.8 Å². The van der Waals surface area contributed by atoms with Crippen LogP contribution in [0.5, 0.6) is 17.2 Å². The van der Waals surface area contributed by atoms with E-state index in [1.807, 2.05) is 42.5 Å². The number of urea groups is 1. The van der Waals surface area contributed by atoms with E-state index in [1.54, 1.807) is 7.11 Å². The molecule has 0 bridgehead atoms. The van der Waals surface area contributed by atoms with Crippen LogP contribution in [-0.4, -0.2) is 32.5 Å². The summed E-state index contributed by atoms with van der Waals surface area (Å²) in [6, 6.07) is 13.7. The first-order valence-electron chi connectivity index (χ1n) is 10.1. The molecule has 0 aromatic heterocycles. The number of amides is 2. The van der Waals surface area contributed by atoms with Gasteiger partial charge in [-0.25, -0.2) is 4.79 Å². The van der Waals surface area contributed by atoms with Gasteiger partial charge in [0.05, 0.1) is 7.11 Å². The fraction of sp³-hybridized carbons (Fsp3) is 0.435. The summed E-state index contributed by atoms with van der Waals surface area (Å²) in [6.07, 6.45) is 2.37. The Morgan fingerprint density at radius 2 is 1.72 bits per heavy atom. The Bertz CT molecular complexity index is 805. The van der Waals surface area contributed by atoms with Gasteiger partial charge in [0.15, 0.2) is 11.5 Å². The van der Waals surface area contributed by atoms with Crippen molar-refractivity contribution in [2.45, 2.75) is 39.2 Å². The van der Waals surface area contributed by atoms with Crippen LogP contribution in [0.4, 0.5) is 4.79 Å². The predicted octanol–water partition coefficient (Wildman–Crippen LogP) is 3.92. The lowest BCUT2D eigenvalue weighted by molar-refractivity contribution is 0.174. The van der Waals surface area contributed by atoms with Crippen LogP contribution in [0.15, 0.2) is 42.5 Å². The number of nitrogens with one attached hydrogen (secondary N) is 2. The lowest BCUT2D eigenvalue weighted by Crippen LogP contribution is -2.44. The molecule has 2 amide bonds. The molecule has 0 radical (unpaired) electrons. The number of hydrogen-bond acceptors (Lipinski definition) is 4. The molecule has 1 aliphatic rings. The van der Waals surface area contributed by atoms with Crippen LogP contribution in [0.2, 0.25) is 0 Å². The van der Waals surface area contributed by atoms with E-state index in [0.717, 1.165) is 41.2 Å². The molecule has 1 atom stereocenters. The average molecular weight is 399 g/mol. The van der Waals surface area contributed by atoms with Gasteiger partial charge in [0.25, 0.3) is 0 Å². The van der Waals surface area contributed by atoms with Crippen molar-refractivity contribution in [3.8, 4) is 17.2 Å².